The van der Waals surface area contributed by atoms with Crippen LogP contribution >= 0.6 is 17.0 Å². The molecule has 226 valence electrons. The van der Waals surface area contributed by atoms with Gasteiger partial charge in [0.25, 0.3) is 0 Å². The Morgan fingerprint density at radius 1 is 1.07 bits per heavy atom. The first-order valence-electron chi connectivity index (χ1n) is 13.3. The SMILES string of the molecule is Br.COc1cc2c(c(F)c1OC)C(=N)N(CC(=O)c1cc(N(C)C)c(OCCCCCC(=O)O)c(C(C)(C)C)c1)C2. The highest BCUT2D eigenvalue weighted by atomic mass is 79.9. The largest absolute Gasteiger partial charge is 0.493 e. The number of hydrogen-bond donors (Lipinski definition) is 2. The summed E-state index contributed by atoms with van der Waals surface area (Å²) in [5, 5.41) is 17.4. The molecule has 0 saturated carbocycles. The summed E-state index contributed by atoms with van der Waals surface area (Å²) in [5.41, 5.74) is 2.43. The number of ketones is 1. The van der Waals surface area contributed by atoms with Crippen molar-refractivity contribution in [2.75, 3.05) is 46.4 Å². The summed E-state index contributed by atoms with van der Waals surface area (Å²) in [6, 6.07) is 5.28. The summed E-state index contributed by atoms with van der Waals surface area (Å²) in [5.74, 6) is -0.895. The van der Waals surface area contributed by atoms with Crippen LogP contribution in [0.5, 0.6) is 17.2 Å². The Hall–Kier alpha value is -3.34. The number of aliphatic carboxylic acids is 1. The number of carbonyl (C=O) groups is 2. The zero-order chi connectivity index (χ0) is 29.8. The molecule has 1 aliphatic heterocycles. The van der Waals surface area contributed by atoms with Crippen molar-refractivity contribution in [2.24, 2.45) is 0 Å². The van der Waals surface area contributed by atoms with Crippen molar-refractivity contribution in [1.29, 1.82) is 5.41 Å². The number of fused-ring (bicyclic) bond motifs is 1. The van der Waals surface area contributed by atoms with E-state index in [1.165, 1.54) is 14.2 Å². The monoisotopic (exact) mass is 637 g/mol. The van der Waals surface area contributed by atoms with E-state index in [1.807, 2.05) is 45.8 Å². The average Bonchev–Trinajstić information content (AvgIpc) is 3.19. The van der Waals surface area contributed by atoms with Crippen molar-refractivity contribution >= 4 is 40.3 Å². The van der Waals surface area contributed by atoms with Gasteiger partial charge in [0.15, 0.2) is 23.1 Å². The molecule has 41 heavy (non-hydrogen) atoms. The summed E-state index contributed by atoms with van der Waals surface area (Å²) in [6.07, 6.45) is 2.19. The number of nitrogens with one attached hydrogen (secondary N) is 1. The van der Waals surface area contributed by atoms with E-state index in [9.17, 15) is 9.59 Å². The van der Waals surface area contributed by atoms with Crippen LogP contribution in [0, 0.1) is 11.2 Å². The van der Waals surface area contributed by atoms with Gasteiger partial charge in [-0.1, -0.05) is 20.8 Å². The highest BCUT2D eigenvalue weighted by molar-refractivity contribution is 8.93. The van der Waals surface area contributed by atoms with Gasteiger partial charge in [0.05, 0.1) is 38.6 Å². The molecule has 3 rings (SSSR count). The van der Waals surface area contributed by atoms with Gasteiger partial charge in [0.2, 0.25) is 0 Å². The molecule has 0 aliphatic carbocycles. The van der Waals surface area contributed by atoms with E-state index in [1.54, 1.807) is 17.0 Å². The quantitative estimate of drug-likeness (QED) is 0.208. The maximum absolute atomic E-state index is 15.2. The van der Waals surface area contributed by atoms with Crippen LogP contribution in [-0.4, -0.2) is 69.1 Å². The molecule has 1 aliphatic rings. The second kappa shape index (κ2) is 14.0. The van der Waals surface area contributed by atoms with Gasteiger partial charge in [-0.2, -0.15) is 0 Å². The van der Waals surface area contributed by atoms with Crippen LogP contribution in [-0.2, 0) is 16.8 Å². The maximum Gasteiger partial charge on any atom is 0.303 e. The molecule has 2 aromatic carbocycles. The molecular formula is C30H41BrFN3O6. The van der Waals surface area contributed by atoms with E-state index >= 15 is 4.39 Å². The predicted molar refractivity (Wildman–Crippen MR) is 162 cm³/mol. The third-order valence-electron chi connectivity index (χ3n) is 6.90. The van der Waals surface area contributed by atoms with Crippen molar-refractivity contribution in [2.45, 2.75) is 58.4 Å². The van der Waals surface area contributed by atoms with Gasteiger partial charge in [-0.05, 0) is 48.4 Å². The number of carbonyl (C=O) groups excluding carboxylic acids is 1. The molecular weight excluding hydrogens is 597 g/mol. The molecule has 9 nitrogen and oxygen atoms in total. The number of carboxylic acid groups (broad SMARTS) is 1. The lowest BCUT2D eigenvalue weighted by Crippen LogP contribution is -2.31. The van der Waals surface area contributed by atoms with Gasteiger partial charge < -0.3 is 29.1 Å². The van der Waals surface area contributed by atoms with Gasteiger partial charge in [-0.3, -0.25) is 15.0 Å². The average molecular weight is 639 g/mol. The number of benzene rings is 2. The lowest BCUT2D eigenvalue weighted by Gasteiger charge is -2.28. The van der Waals surface area contributed by atoms with E-state index in [-0.39, 0.29) is 70.6 Å². The number of rotatable bonds is 13. The van der Waals surface area contributed by atoms with Crippen LogP contribution < -0.4 is 19.1 Å². The van der Waals surface area contributed by atoms with Crippen molar-refractivity contribution < 1.29 is 33.3 Å². The topological polar surface area (TPSA) is 112 Å². The number of unbranched alkanes of at least 4 members (excludes halogenated alkanes) is 2. The summed E-state index contributed by atoms with van der Waals surface area (Å²) < 4.78 is 31.8. The summed E-state index contributed by atoms with van der Waals surface area (Å²) in [7, 11) is 6.53. The van der Waals surface area contributed by atoms with E-state index in [2.05, 4.69) is 0 Å². The molecule has 1 heterocycles. The zero-order valence-corrected chi connectivity index (χ0v) is 26.6. The molecule has 0 saturated heterocycles. The maximum atomic E-state index is 15.2. The fraction of sp³-hybridized carbons (Fsp3) is 0.500. The van der Waals surface area contributed by atoms with Gasteiger partial charge >= 0.3 is 5.97 Å². The molecule has 0 fully saturated rings. The van der Waals surface area contributed by atoms with Crippen LogP contribution in [0.3, 0.4) is 0 Å². The number of methoxy groups -OCH3 is 2. The number of amidine groups is 1. The molecule has 2 aromatic rings. The number of carboxylic acids is 1. The predicted octanol–water partition coefficient (Wildman–Crippen LogP) is 5.83. The zero-order valence-electron chi connectivity index (χ0n) is 24.9. The lowest BCUT2D eigenvalue weighted by molar-refractivity contribution is -0.137. The van der Waals surface area contributed by atoms with E-state index in [0.717, 1.165) is 17.7 Å². The van der Waals surface area contributed by atoms with Crippen LogP contribution in [0.25, 0.3) is 0 Å². The van der Waals surface area contributed by atoms with Crippen LogP contribution in [0.2, 0.25) is 0 Å². The third-order valence-corrected chi connectivity index (χ3v) is 6.90. The number of hydrogen-bond acceptors (Lipinski definition) is 7. The standard InChI is InChI=1S/C30H40FN3O6.BrH/c1-30(2,3)20-13-18(14-21(33(4)5)27(20)40-12-10-8-9-11-24(36)37)22(35)17-34-16-19-15-23(38-6)28(39-7)26(31)25(19)29(34)32;/h13-15,32H,8-12,16-17H2,1-7H3,(H,36,37);1H. The summed E-state index contributed by atoms with van der Waals surface area (Å²) in [4.78, 5) is 27.8. The smallest absolute Gasteiger partial charge is 0.303 e. The number of Topliss-reactive ketones (excluding diaryl/α,β-unsaturated/α-hetero) is 1. The minimum atomic E-state index is -0.802. The van der Waals surface area contributed by atoms with E-state index < -0.39 is 11.8 Å². The van der Waals surface area contributed by atoms with Gasteiger partial charge in [0, 0.05) is 38.2 Å². The molecule has 0 spiro atoms. The Kier molecular flexibility index (Phi) is 11.6. The fourth-order valence-electron chi connectivity index (χ4n) is 4.77. The highest BCUT2D eigenvalue weighted by Crippen LogP contribution is 2.41. The molecule has 0 amide bonds. The van der Waals surface area contributed by atoms with Crippen LogP contribution in [0.4, 0.5) is 10.1 Å². The third kappa shape index (κ3) is 7.69. The number of ether oxygens (including phenoxy) is 3. The first kappa shape index (κ1) is 33.9. The minimum Gasteiger partial charge on any atom is -0.493 e. The molecule has 0 radical (unpaired) electrons. The molecule has 2 N–H and O–H groups in total. The Morgan fingerprint density at radius 3 is 2.32 bits per heavy atom. The normalized spacial score (nSPS) is 12.5. The first-order valence-corrected chi connectivity index (χ1v) is 13.3. The van der Waals surface area contributed by atoms with Crippen molar-refractivity contribution in [1.82, 2.24) is 4.90 Å². The Balaban J connectivity index is 0.00000588. The second-order valence-corrected chi connectivity index (χ2v) is 11.2. The number of anilines is 1. The van der Waals surface area contributed by atoms with Gasteiger partial charge in [0.1, 0.15) is 11.6 Å². The molecule has 0 unspecified atom stereocenters. The Morgan fingerprint density at radius 2 is 1.76 bits per heavy atom. The minimum absolute atomic E-state index is 0. The molecule has 0 atom stereocenters. The van der Waals surface area contributed by atoms with Crippen molar-refractivity contribution in [3.63, 3.8) is 0 Å². The molecule has 0 aromatic heterocycles. The van der Waals surface area contributed by atoms with Crippen molar-refractivity contribution in [3.8, 4) is 17.2 Å². The Bertz CT molecular complexity index is 1290. The van der Waals surface area contributed by atoms with E-state index in [4.69, 9.17) is 24.7 Å². The Labute approximate surface area is 251 Å². The highest BCUT2D eigenvalue weighted by Gasteiger charge is 2.33. The van der Waals surface area contributed by atoms with Gasteiger partial charge in [-0.25, -0.2) is 4.39 Å². The van der Waals surface area contributed by atoms with Gasteiger partial charge in [-0.15, -0.1) is 17.0 Å². The second-order valence-electron chi connectivity index (χ2n) is 11.2. The first-order chi connectivity index (χ1) is 18.8. The van der Waals surface area contributed by atoms with Crippen LogP contribution in [0.15, 0.2) is 18.2 Å². The fourth-order valence-corrected chi connectivity index (χ4v) is 4.77. The van der Waals surface area contributed by atoms with Crippen molar-refractivity contribution in [3.05, 3.63) is 46.3 Å². The number of halogens is 2. The summed E-state index contributed by atoms with van der Waals surface area (Å²) >= 11 is 0. The van der Waals surface area contributed by atoms with Crippen LogP contribution in [0.1, 0.15) is 73.5 Å². The molecule has 11 heteroatoms. The van der Waals surface area contributed by atoms with E-state index in [0.29, 0.717) is 36.3 Å². The summed E-state index contributed by atoms with van der Waals surface area (Å²) in [6.45, 7) is 6.67. The lowest BCUT2D eigenvalue weighted by atomic mass is 9.84. The molecule has 0 bridgehead atoms. The number of nitrogens with zero attached hydrogens (tertiary/aromatic N) is 2.